The van der Waals surface area contributed by atoms with Crippen molar-refractivity contribution in [3.63, 3.8) is 0 Å². The van der Waals surface area contributed by atoms with Crippen molar-refractivity contribution in [3.8, 4) is 0 Å². The van der Waals surface area contributed by atoms with Crippen LogP contribution >= 0.6 is 23.8 Å². The second-order valence-electron chi connectivity index (χ2n) is 3.81. The van der Waals surface area contributed by atoms with Crippen LogP contribution in [0.4, 0.5) is 5.69 Å². The van der Waals surface area contributed by atoms with Crippen LogP contribution in [0.25, 0.3) is 0 Å². The molecule has 2 N–H and O–H groups in total. The highest BCUT2D eigenvalue weighted by Gasteiger charge is 2.09. The molecule has 108 valence electrons. The van der Waals surface area contributed by atoms with Crippen LogP contribution in [0.15, 0.2) is 24.3 Å². The smallest absolute Gasteiger partial charge is 0.306 e. The van der Waals surface area contributed by atoms with Crippen LogP contribution in [0, 0.1) is 0 Å². The Labute approximate surface area is 127 Å². The summed E-state index contributed by atoms with van der Waals surface area (Å²) < 4.78 is 4.72. The van der Waals surface area contributed by atoms with Crippen LogP contribution < -0.4 is 10.6 Å². The quantitative estimate of drug-likeness (QED) is 0.645. The lowest BCUT2D eigenvalue weighted by atomic mass is 10.3. The van der Waals surface area contributed by atoms with E-state index in [0.29, 0.717) is 17.3 Å². The minimum Gasteiger partial charge on any atom is -0.466 e. The Morgan fingerprint density at radius 1 is 1.25 bits per heavy atom. The summed E-state index contributed by atoms with van der Waals surface area (Å²) in [6, 6.07) is 6.88. The van der Waals surface area contributed by atoms with Gasteiger partial charge >= 0.3 is 5.97 Å². The molecule has 1 rings (SSSR count). The Hall–Kier alpha value is -1.66. The summed E-state index contributed by atoms with van der Waals surface area (Å²) in [5.41, 5.74) is 0.713. The minimum absolute atomic E-state index is 0.0290. The Morgan fingerprint density at radius 2 is 1.90 bits per heavy atom. The lowest BCUT2D eigenvalue weighted by molar-refractivity contribution is -0.144. The fourth-order valence-electron chi connectivity index (χ4n) is 1.33. The first-order chi connectivity index (χ1) is 9.51. The first kappa shape index (κ1) is 16.4. The second kappa shape index (κ2) is 8.50. The van der Waals surface area contributed by atoms with Gasteiger partial charge in [0.05, 0.1) is 13.0 Å². The number of esters is 1. The average Bonchev–Trinajstić information content (AvgIpc) is 2.39. The molecule has 0 aliphatic carbocycles. The van der Waals surface area contributed by atoms with Gasteiger partial charge in [0.1, 0.15) is 0 Å². The van der Waals surface area contributed by atoms with Gasteiger partial charge in [-0.25, -0.2) is 0 Å². The first-order valence-electron chi connectivity index (χ1n) is 6.03. The molecule has 0 aliphatic rings. The van der Waals surface area contributed by atoms with Crippen LogP contribution in [0.5, 0.6) is 0 Å². The van der Waals surface area contributed by atoms with Crippen molar-refractivity contribution in [3.05, 3.63) is 29.3 Å². The highest BCUT2D eigenvalue weighted by Crippen LogP contribution is 2.13. The molecule has 0 bridgehead atoms. The summed E-state index contributed by atoms with van der Waals surface area (Å²) in [5.74, 6) is -0.747. The van der Waals surface area contributed by atoms with Gasteiger partial charge in [-0.15, -0.1) is 0 Å². The number of ether oxygens (including phenoxy) is 1. The lowest BCUT2D eigenvalue weighted by Gasteiger charge is -2.09. The van der Waals surface area contributed by atoms with Crippen molar-refractivity contribution in [1.82, 2.24) is 5.32 Å². The molecule has 0 unspecified atom stereocenters. The van der Waals surface area contributed by atoms with E-state index < -0.39 is 5.97 Å². The fraction of sp³-hybridized carbons (Fsp3) is 0.308. The van der Waals surface area contributed by atoms with Gasteiger partial charge in [0, 0.05) is 17.1 Å². The van der Waals surface area contributed by atoms with Gasteiger partial charge in [0.15, 0.2) is 5.11 Å². The maximum absolute atomic E-state index is 11.5. The van der Waals surface area contributed by atoms with Gasteiger partial charge in [-0.1, -0.05) is 11.6 Å². The van der Waals surface area contributed by atoms with Crippen LogP contribution in [-0.2, 0) is 14.3 Å². The average molecular weight is 315 g/mol. The summed E-state index contributed by atoms with van der Waals surface area (Å²) in [7, 11) is 0. The number of anilines is 1. The normalized spacial score (nSPS) is 9.70. The highest BCUT2D eigenvalue weighted by atomic mass is 35.5. The molecule has 1 amide bonds. The Morgan fingerprint density at radius 3 is 2.50 bits per heavy atom. The molecule has 0 spiro atoms. The number of hydrogen-bond acceptors (Lipinski definition) is 4. The van der Waals surface area contributed by atoms with Crippen LogP contribution in [0.3, 0.4) is 0 Å². The van der Waals surface area contributed by atoms with E-state index in [0.717, 1.165) is 0 Å². The van der Waals surface area contributed by atoms with Crippen LogP contribution in [0.2, 0.25) is 5.02 Å². The largest absolute Gasteiger partial charge is 0.466 e. The minimum atomic E-state index is -0.403. The molecular formula is C13H15ClN2O3S. The molecule has 0 heterocycles. The lowest BCUT2D eigenvalue weighted by Crippen LogP contribution is -2.34. The van der Waals surface area contributed by atoms with Crippen LogP contribution in [-0.4, -0.2) is 23.6 Å². The topological polar surface area (TPSA) is 67.4 Å². The molecule has 1 aromatic rings. The third kappa shape index (κ3) is 6.49. The van der Waals surface area contributed by atoms with E-state index in [4.69, 9.17) is 28.6 Å². The molecule has 0 aliphatic heterocycles. The van der Waals surface area contributed by atoms with E-state index in [1.807, 2.05) is 0 Å². The zero-order valence-electron chi connectivity index (χ0n) is 10.9. The number of rotatable bonds is 5. The third-order valence-electron chi connectivity index (χ3n) is 2.22. The van der Waals surface area contributed by atoms with Gasteiger partial charge in [0.25, 0.3) is 0 Å². The van der Waals surface area contributed by atoms with Crippen molar-refractivity contribution in [2.24, 2.45) is 0 Å². The number of nitrogens with one attached hydrogen (secondary N) is 2. The maximum atomic E-state index is 11.5. The monoisotopic (exact) mass is 314 g/mol. The Bertz CT molecular complexity index is 491. The molecular weight excluding hydrogens is 300 g/mol. The summed E-state index contributed by atoms with van der Waals surface area (Å²) in [6.45, 7) is 2.01. The van der Waals surface area contributed by atoms with Crippen molar-refractivity contribution < 1.29 is 14.3 Å². The SMILES string of the molecule is CCOC(=O)CCC(=O)NC(=S)Nc1ccc(Cl)cc1. The van der Waals surface area contributed by atoms with Gasteiger partial charge in [-0.3, -0.25) is 9.59 Å². The van der Waals surface area contributed by atoms with Gasteiger partial charge in [-0.2, -0.15) is 0 Å². The number of benzene rings is 1. The Kier molecular flexibility index (Phi) is 6.97. The number of carbonyl (C=O) groups is 2. The van der Waals surface area contributed by atoms with Crippen molar-refractivity contribution in [2.45, 2.75) is 19.8 Å². The van der Waals surface area contributed by atoms with Crippen molar-refractivity contribution >= 4 is 46.5 Å². The summed E-state index contributed by atoms with van der Waals surface area (Å²) >= 11 is 10.7. The van der Waals surface area contributed by atoms with E-state index in [2.05, 4.69) is 10.6 Å². The number of hydrogen-bond donors (Lipinski definition) is 2. The number of amides is 1. The zero-order valence-corrected chi connectivity index (χ0v) is 12.5. The fourth-order valence-corrected chi connectivity index (χ4v) is 1.69. The maximum Gasteiger partial charge on any atom is 0.306 e. The molecule has 5 nitrogen and oxygen atoms in total. The first-order valence-corrected chi connectivity index (χ1v) is 6.82. The second-order valence-corrected chi connectivity index (χ2v) is 4.66. The molecule has 7 heteroatoms. The van der Waals surface area contributed by atoms with Gasteiger partial charge < -0.3 is 15.4 Å². The van der Waals surface area contributed by atoms with Gasteiger partial charge in [0.2, 0.25) is 5.91 Å². The molecule has 0 radical (unpaired) electrons. The van der Waals surface area contributed by atoms with E-state index in [1.165, 1.54) is 0 Å². The van der Waals surface area contributed by atoms with Crippen LogP contribution in [0.1, 0.15) is 19.8 Å². The summed E-state index contributed by atoms with van der Waals surface area (Å²) in [4.78, 5) is 22.6. The predicted octanol–water partition coefficient (Wildman–Crippen LogP) is 2.50. The van der Waals surface area contributed by atoms with E-state index in [-0.39, 0.29) is 23.9 Å². The standard InChI is InChI=1S/C13H15ClN2O3S/c1-2-19-12(18)8-7-11(17)16-13(20)15-10-5-3-9(14)4-6-10/h3-6H,2,7-8H2,1H3,(H2,15,16,17,20). The number of halogens is 1. The predicted molar refractivity (Wildman–Crippen MR) is 81.7 cm³/mol. The Balaban J connectivity index is 2.33. The van der Waals surface area contributed by atoms with Crippen molar-refractivity contribution in [1.29, 1.82) is 0 Å². The molecule has 1 aromatic carbocycles. The highest BCUT2D eigenvalue weighted by molar-refractivity contribution is 7.80. The third-order valence-corrected chi connectivity index (χ3v) is 2.67. The van der Waals surface area contributed by atoms with E-state index >= 15 is 0 Å². The number of thiocarbonyl (C=S) groups is 1. The molecule has 0 saturated heterocycles. The molecule has 0 fully saturated rings. The molecule has 20 heavy (non-hydrogen) atoms. The molecule has 0 aromatic heterocycles. The van der Waals surface area contributed by atoms with Crippen molar-refractivity contribution in [2.75, 3.05) is 11.9 Å². The van der Waals surface area contributed by atoms with E-state index in [1.54, 1.807) is 31.2 Å². The molecule has 0 atom stereocenters. The zero-order chi connectivity index (χ0) is 15.0. The van der Waals surface area contributed by atoms with Gasteiger partial charge in [-0.05, 0) is 43.4 Å². The number of carbonyl (C=O) groups excluding carboxylic acids is 2. The summed E-state index contributed by atoms with van der Waals surface area (Å²) in [5, 5.41) is 6.10. The van der Waals surface area contributed by atoms with E-state index in [9.17, 15) is 9.59 Å². The summed E-state index contributed by atoms with van der Waals surface area (Å²) in [6.07, 6.45) is 0.0600. The molecule has 0 saturated carbocycles.